The molecular formula is C15H20N4O. The van der Waals surface area contributed by atoms with E-state index in [1.807, 2.05) is 6.92 Å². The summed E-state index contributed by atoms with van der Waals surface area (Å²) < 4.78 is 5.34. The molecule has 3 N–H and O–H groups in total. The number of hydrogen-bond acceptors (Lipinski definition) is 5. The van der Waals surface area contributed by atoms with Gasteiger partial charge in [-0.05, 0) is 31.0 Å². The quantitative estimate of drug-likeness (QED) is 0.806. The van der Waals surface area contributed by atoms with Crippen LogP contribution in [-0.4, -0.2) is 23.1 Å². The Bertz CT molecular complexity index is 528. The zero-order chi connectivity index (χ0) is 14.2. The third kappa shape index (κ3) is 4.20. The van der Waals surface area contributed by atoms with Gasteiger partial charge >= 0.3 is 0 Å². The van der Waals surface area contributed by atoms with Crippen molar-refractivity contribution in [1.29, 1.82) is 0 Å². The van der Waals surface area contributed by atoms with Gasteiger partial charge in [0, 0.05) is 12.6 Å². The molecule has 0 saturated carbocycles. The van der Waals surface area contributed by atoms with Crippen molar-refractivity contribution in [3.63, 3.8) is 0 Å². The van der Waals surface area contributed by atoms with E-state index >= 15 is 0 Å². The lowest BCUT2D eigenvalue weighted by molar-refractivity contribution is 0.326. The molecule has 2 rings (SSSR count). The first-order chi connectivity index (χ1) is 9.81. The maximum atomic E-state index is 5.53. The summed E-state index contributed by atoms with van der Waals surface area (Å²) in [5, 5.41) is 3.26. The number of aromatic nitrogens is 2. The van der Waals surface area contributed by atoms with Crippen molar-refractivity contribution in [2.24, 2.45) is 5.73 Å². The summed E-state index contributed by atoms with van der Waals surface area (Å²) in [4.78, 5) is 8.20. The Morgan fingerprint density at radius 1 is 1.15 bits per heavy atom. The molecule has 0 radical (unpaired) electrons. The average molecular weight is 272 g/mol. The standard InChI is InChI=1S/C15H20N4O/c1-2-20-15-9-14(18-11-19-15)17-10-13-5-3-12(4-6-13)7-8-16/h3-6,9,11H,2,7-8,10,16H2,1H3,(H,17,18,19). The highest BCUT2D eigenvalue weighted by Crippen LogP contribution is 2.12. The molecule has 0 aliphatic carbocycles. The third-order valence-electron chi connectivity index (χ3n) is 2.86. The van der Waals surface area contributed by atoms with Crippen LogP contribution >= 0.6 is 0 Å². The predicted molar refractivity (Wildman–Crippen MR) is 79.7 cm³/mol. The van der Waals surface area contributed by atoms with E-state index in [1.165, 1.54) is 17.5 Å². The Balaban J connectivity index is 1.92. The maximum Gasteiger partial charge on any atom is 0.218 e. The average Bonchev–Trinajstić information content (AvgIpc) is 2.48. The maximum absolute atomic E-state index is 5.53. The SMILES string of the molecule is CCOc1cc(NCc2ccc(CCN)cc2)ncn1. The van der Waals surface area contributed by atoms with Crippen LogP contribution in [0.25, 0.3) is 0 Å². The molecule has 0 bridgehead atoms. The number of anilines is 1. The molecule has 5 nitrogen and oxygen atoms in total. The Hall–Kier alpha value is -2.14. The van der Waals surface area contributed by atoms with Crippen LogP contribution in [-0.2, 0) is 13.0 Å². The lowest BCUT2D eigenvalue weighted by atomic mass is 10.1. The molecule has 1 aromatic heterocycles. The number of ether oxygens (including phenoxy) is 1. The Labute approximate surface area is 119 Å². The highest BCUT2D eigenvalue weighted by Gasteiger charge is 1.99. The second-order valence-corrected chi connectivity index (χ2v) is 4.38. The van der Waals surface area contributed by atoms with Gasteiger partial charge < -0.3 is 15.8 Å². The summed E-state index contributed by atoms with van der Waals surface area (Å²) >= 11 is 0. The van der Waals surface area contributed by atoms with E-state index in [0.29, 0.717) is 25.6 Å². The van der Waals surface area contributed by atoms with Crippen molar-refractivity contribution in [2.75, 3.05) is 18.5 Å². The van der Waals surface area contributed by atoms with Crippen LogP contribution in [0.15, 0.2) is 36.7 Å². The highest BCUT2D eigenvalue weighted by atomic mass is 16.5. The molecule has 1 heterocycles. The van der Waals surface area contributed by atoms with E-state index in [0.717, 1.165) is 12.2 Å². The zero-order valence-corrected chi connectivity index (χ0v) is 11.7. The van der Waals surface area contributed by atoms with Crippen molar-refractivity contribution in [2.45, 2.75) is 19.9 Å². The molecule has 20 heavy (non-hydrogen) atoms. The molecule has 0 aliphatic rings. The van der Waals surface area contributed by atoms with E-state index in [2.05, 4.69) is 39.6 Å². The second kappa shape index (κ2) is 7.45. The van der Waals surface area contributed by atoms with Gasteiger partial charge in [0.15, 0.2) is 0 Å². The van der Waals surface area contributed by atoms with E-state index in [-0.39, 0.29) is 0 Å². The van der Waals surface area contributed by atoms with E-state index in [9.17, 15) is 0 Å². The molecule has 0 unspecified atom stereocenters. The molecule has 0 atom stereocenters. The number of nitrogens with one attached hydrogen (secondary N) is 1. The van der Waals surface area contributed by atoms with Crippen LogP contribution in [0.2, 0.25) is 0 Å². The molecule has 5 heteroatoms. The van der Waals surface area contributed by atoms with Crippen molar-refractivity contribution in [1.82, 2.24) is 9.97 Å². The molecule has 1 aromatic carbocycles. The minimum atomic E-state index is 0.586. The van der Waals surface area contributed by atoms with Crippen LogP contribution < -0.4 is 15.8 Å². The van der Waals surface area contributed by atoms with Gasteiger partial charge in [-0.25, -0.2) is 9.97 Å². The molecule has 106 valence electrons. The van der Waals surface area contributed by atoms with Gasteiger partial charge in [0.1, 0.15) is 12.1 Å². The van der Waals surface area contributed by atoms with E-state index in [1.54, 1.807) is 6.07 Å². The number of nitrogens with two attached hydrogens (primary N) is 1. The predicted octanol–water partition coefficient (Wildman–Crippen LogP) is 1.99. The summed E-state index contributed by atoms with van der Waals surface area (Å²) in [7, 11) is 0. The Kier molecular flexibility index (Phi) is 5.32. The zero-order valence-electron chi connectivity index (χ0n) is 11.7. The molecule has 0 spiro atoms. The summed E-state index contributed by atoms with van der Waals surface area (Å²) in [6.07, 6.45) is 2.41. The molecule has 0 aliphatic heterocycles. The van der Waals surface area contributed by atoms with Gasteiger partial charge in [-0.2, -0.15) is 0 Å². The number of hydrogen-bond donors (Lipinski definition) is 2. The summed E-state index contributed by atoms with van der Waals surface area (Å²) in [5.74, 6) is 1.35. The van der Waals surface area contributed by atoms with Gasteiger partial charge in [-0.15, -0.1) is 0 Å². The molecule has 0 saturated heterocycles. The fourth-order valence-corrected chi connectivity index (χ4v) is 1.85. The first kappa shape index (κ1) is 14.3. The minimum absolute atomic E-state index is 0.586. The lowest BCUT2D eigenvalue weighted by Crippen LogP contribution is -2.04. The van der Waals surface area contributed by atoms with Crippen molar-refractivity contribution >= 4 is 5.82 Å². The van der Waals surface area contributed by atoms with Gasteiger partial charge in [0.2, 0.25) is 5.88 Å². The van der Waals surface area contributed by atoms with Crippen molar-refractivity contribution < 1.29 is 4.74 Å². The highest BCUT2D eigenvalue weighted by molar-refractivity contribution is 5.38. The lowest BCUT2D eigenvalue weighted by Gasteiger charge is -2.08. The first-order valence-electron chi connectivity index (χ1n) is 6.78. The third-order valence-corrected chi connectivity index (χ3v) is 2.86. The van der Waals surface area contributed by atoms with Crippen LogP contribution in [0.4, 0.5) is 5.82 Å². The minimum Gasteiger partial charge on any atom is -0.478 e. The monoisotopic (exact) mass is 272 g/mol. The Morgan fingerprint density at radius 2 is 1.90 bits per heavy atom. The number of benzene rings is 1. The Morgan fingerprint density at radius 3 is 2.60 bits per heavy atom. The van der Waals surface area contributed by atoms with Gasteiger partial charge in [-0.1, -0.05) is 24.3 Å². The fourth-order valence-electron chi connectivity index (χ4n) is 1.85. The van der Waals surface area contributed by atoms with Crippen LogP contribution in [0.5, 0.6) is 5.88 Å². The second-order valence-electron chi connectivity index (χ2n) is 4.38. The molecule has 0 fully saturated rings. The van der Waals surface area contributed by atoms with Crippen LogP contribution in [0.1, 0.15) is 18.1 Å². The molecule has 2 aromatic rings. The largest absolute Gasteiger partial charge is 0.478 e. The number of rotatable bonds is 7. The van der Waals surface area contributed by atoms with Crippen molar-refractivity contribution in [3.05, 3.63) is 47.8 Å². The van der Waals surface area contributed by atoms with Gasteiger partial charge in [-0.3, -0.25) is 0 Å². The molecule has 0 amide bonds. The normalized spacial score (nSPS) is 10.3. The van der Waals surface area contributed by atoms with Crippen LogP contribution in [0.3, 0.4) is 0 Å². The summed E-state index contributed by atoms with van der Waals surface area (Å²) in [6, 6.07) is 10.2. The van der Waals surface area contributed by atoms with E-state index < -0.39 is 0 Å². The smallest absolute Gasteiger partial charge is 0.218 e. The van der Waals surface area contributed by atoms with Gasteiger partial charge in [0.25, 0.3) is 0 Å². The van der Waals surface area contributed by atoms with Crippen molar-refractivity contribution in [3.8, 4) is 5.88 Å². The fraction of sp³-hybridized carbons (Fsp3) is 0.333. The summed E-state index contributed by atoms with van der Waals surface area (Å²) in [6.45, 7) is 3.92. The first-order valence-corrected chi connectivity index (χ1v) is 6.78. The molecular weight excluding hydrogens is 252 g/mol. The van der Waals surface area contributed by atoms with Crippen LogP contribution in [0, 0.1) is 0 Å². The van der Waals surface area contributed by atoms with Gasteiger partial charge in [0.05, 0.1) is 6.61 Å². The summed E-state index contributed by atoms with van der Waals surface area (Å²) in [5.41, 5.74) is 7.99. The van der Waals surface area contributed by atoms with E-state index in [4.69, 9.17) is 10.5 Å². The number of nitrogens with zero attached hydrogens (tertiary/aromatic N) is 2. The topological polar surface area (TPSA) is 73.1 Å².